The first-order valence-corrected chi connectivity index (χ1v) is 10.7. The fraction of sp³-hybridized carbons (Fsp3) is 0.375. The minimum Gasteiger partial charge on any atom is -0.485 e. The van der Waals surface area contributed by atoms with Gasteiger partial charge in [-0.2, -0.15) is 0 Å². The predicted molar refractivity (Wildman–Crippen MR) is 126 cm³/mol. The summed E-state index contributed by atoms with van der Waals surface area (Å²) in [6.45, 7) is 2.30. The number of rotatable bonds is 3. The van der Waals surface area contributed by atoms with Crippen molar-refractivity contribution in [3.63, 3.8) is 0 Å². The Balaban J connectivity index is 1.52. The van der Waals surface area contributed by atoms with Crippen LogP contribution in [0.1, 0.15) is 35.6 Å². The van der Waals surface area contributed by atoms with Crippen molar-refractivity contribution >= 4 is 34.1 Å². The average Bonchev–Trinajstić information content (AvgIpc) is 3.54. The fourth-order valence-electron chi connectivity index (χ4n) is 3.95. The molecule has 1 saturated carbocycles. The van der Waals surface area contributed by atoms with Crippen molar-refractivity contribution in [1.82, 2.24) is 20.2 Å². The maximum absolute atomic E-state index is 12.4. The molecule has 2 N–H and O–H groups in total. The van der Waals surface area contributed by atoms with Crippen LogP contribution in [0.25, 0.3) is 10.9 Å². The van der Waals surface area contributed by atoms with Crippen molar-refractivity contribution in [3.8, 4) is 17.6 Å². The van der Waals surface area contributed by atoms with Crippen molar-refractivity contribution in [2.45, 2.75) is 26.4 Å². The Morgan fingerprint density at radius 2 is 2.09 bits per heavy atom. The molecule has 0 spiro atoms. The number of nitrogens with one attached hydrogen (secondary N) is 2. The fourth-order valence-corrected chi connectivity index (χ4v) is 3.95. The second-order valence-electron chi connectivity index (χ2n) is 8.54. The topological polar surface area (TPSA) is 105 Å². The summed E-state index contributed by atoms with van der Waals surface area (Å²) < 4.78 is 28.4. The van der Waals surface area contributed by atoms with Gasteiger partial charge in [0.05, 0.1) is 24.0 Å². The Morgan fingerprint density at radius 3 is 2.88 bits per heavy atom. The van der Waals surface area contributed by atoms with E-state index in [9.17, 15) is 4.79 Å². The van der Waals surface area contributed by atoms with Gasteiger partial charge in [0.15, 0.2) is 17.4 Å². The van der Waals surface area contributed by atoms with Crippen LogP contribution in [0, 0.1) is 23.7 Å². The highest BCUT2D eigenvalue weighted by Crippen LogP contribution is 2.38. The smallest absolute Gasteiger partial charge is 0.228 e. The maximum atomic E-state index is 12.4. The Morgan fingerprint density at radius 1 is 1.24 bits per heavy atom. The summed E-state index contributed by atoms with van der Waals surface area (Å²) in [4.78, 5) is 23.1. The molecule has 0 unspecified atom stereocenters. The molecular weight excluding hydrogens is 418 g/mol. The molecule has 3 atom stereocenters. The molecule has 5 rings (SSSR count). The molecule has 9 heteroatoms. The lowest BCUT2D eigenvalue weighted by Gasteiger charge is -2.31. The molecule has 1 aliphatic heterocycles. The highest BCUT2D eigenvalue weighted by molar-refractivity contribution is 5.97. The molecule has 33 heavy (non-hydrogen) atoms. The van der Waals surface area contributed by atoms with Gasteiger partial charge in [0, 0.05) is 35.6 Å². The second kappa shape index (κ2) is 8.20. The molecule has 0 aromatic carbocycles. The number of fused-ring (bicyclic) bond motifs is 2. The molecule has 1 aliphatic carbocycles. The lowest BCUT2D eigenvalue weighted by atomic mass is 10.1. The predicted octanol–water partition coefficient (Wildman–Crippen LogP) is 2.67. The summed E-state index contributed by atoms with van der Waals surface area (Å²) in [5.74, 6) is 7.33. The lowest BCUT2D eigenvalue weighted by molar-refractivity contribution is -0.117. The van der Waals surface area contributed by atoms with Gasteiger partial charge in [-0.1, -0.05) is 12.8 Å². The number of pyridine rings is 2. The monoisotopic (exact) mass is 446 g/mol. The van der Waals surface area contributed by atoms with E-state index < -0.39 is 6.98 Å². The van der Waals surface area contributed by atoms with Crippen LogP contribution in [0.5, 0.6) is 5.75 Å². The van der Waals surface area contributed by atoms with Gasteiger partial charge in [-0.15, -0.1) is 10.2 Å². The number of carbonyl (C=O) groups is 1. The van der Waals surface area contributed by atoms with Crippen LogP contribution in [0.2, 0.25) is 0 Å². The van der Waals surface area contributed by atoms with E-state index in [2.05, 4.69) is 47.5 Å². The zero-order valence-electron chi connectivity index (χ0n) is 21.5. The first kappa shape index (κ1) is 17.6. The van der Waals surface area contributed by atoms with E-state index in [1.54, 1.807) is 12.3 Å². The summed E-state index contributed by atoms with van der Waals surface area (Å²) in [6, 6.07) is 3.49. The zero-order chi connectivity index (χ0) is 25.6. The van der Waals surface area contributed by atoms with Gasteiger partial charge < -0.3 is 20.3 Å². The van der Waals surface area contributed by atoms with Crippen LogP contribution >= 0.6 is 0 Å². The minimum atomic E-state index is -2.47. The van der Waals surface area contributed by atoms with Gasteiger partial charge in [-0.25, -0.2) is 9.97 Å². The first-order valence-electron chi connectivity index (χ1n) is 12.2. The quantitative estimate of drug-likeness (QED) is 0.592. The average molecular weight is 447 g/mol. The number of amides is 1. The highest BCUT2D eigenvalue weighted by atomic mass is 16.5. The maximum Gasteiger partial charge on any atom is 0.228 e. The summed E-state index contributed by atoms with van der Waals surface area (Å²) in [5, 5.41) is 13.9. The highest BCUT2D eigenvalue weighted by Gasteiger charge is 2.39. The number of likely N-dealkylation sites (N-methyl/N-ethyl adjacent to an activating group) is 1. The van der Waals surface area contributed by atoms with Crippen molar-refractivity contribution in [3.05, 3.63) is 35.8 Å². The summed E-state index contributed by atoms with van der Waals surface area (Å²) in [7, 11) is 1.99. The first-order chi connectivity index (χ1) is 17.1. The van der Waals surface area contributed by atoms with Gasteiger partial charge in [0.25, 0.3) is 0 Å². The van der Waals surface area contributed by atoms with Gasteiger partial charge in [-0.3, -0.25) is 4.79 Å². The van der Waals surface area contributed by atoms with Gasteiger partial charge in [0.2, 0.25) is 5.91 Å². The van der Waals surface area contributed by atoms with Crippen LogP contribution < -0.4 is 20.3 Å². The molecule has 4 heterocycles. The zero-order valence-corrected chi connectivity index (χ0v) is 18.5. The van der Waals surface area contributed by atoms with E-state index in [1.165, 1.54) is 6.20 Å². The second-order valence-corrected chi connectivity index (χ2v) is 8.54. The Kier molecular flexibility index (Phi) is 4.38. The summed E-state index contributed by atoms with van der Waals surface area (Å²) >= 11 is 0. The Labute approximate surface area is 196 Å². The number of nitrogens with zero attached hydrogens (tertiary/aromatic N) is 5. The van der Waals surface area contributed by atoms with Crippen molar-refractivity contribution in [2.24, 2.45) is 11.8 Å². The normalized spacial score (nSPS) is 22.6. The van der Waals surface area contributed by atoms with Crippen molar-refractivity contribution in [1.29, 1.82) is 0 Å². The van der Waals surface area contributed by atoms with Gasteiger partial charge in [-0.05, 0) is 37.3 Å². The molecule has 0 bridgehead atoms. The number of anilines is 3. The third-order valence-corrected chi connectivity index (χ3v) is 5.89. The molecule has 1 fully saturated rings. The van der Waals surface area contributed by atoms with E-state index in [0.29, 0.717) is 28.3 Å². The molecule has 1 amide bonds. The lowest BCUT2D eigenvalue weighted by Crippen LogP contribution is -2.35. The van der Waals surface area contributed by atoms with E-state index in [1.807, 2.05) is 27.0 Å². The molecule has 2 aliphatic rings. The van der Waals surface area contributed by atoms with Crippen LogP contribution in [0.15, 0.2) is 24.5 Å². The number of carbonyl (C=O) groups excluding carboxylic acids is 1. The Hall–Kier alpha value is -3.93. The Bertz CT molecular complexity index is 1420. The van der Waals surface area contributed by atoms with Crippen LogP contribution in [-0.2, 0) is 4.79 Å². The van der Waals surface area contributed by atoms with Crippen LogP contribution in [0.4, 0.5) is 17.3 Å². The van der Waals surface area contributed by atoms with E-state index >= 15 is 0 Å². The van der Waals surface area contributed by atoms with E-state index in [-0.39, 0.29) is 35.1 Å². The largest absolute Gasteiger partial charge is 0.485 e. The van der Waals surface area contributed by atoms with Gasteiger partial charge >= 0.3 is 0 Å². The molecule has 3 aromatic rings. The van der Waals surface area contributed by atoms with Crippen LogP contribution in [0.3, 0.4) is 0 Å². The molecule has 0 saturated heterocycles. The third kappa shape index (κ3) is 4.12. The molecule has 168 valence electrons. The summed E-state index contributed by atoms with van der Waals surface area (Å²) in [6.07, 6.45) is 4.03. The number of hydrogen-bond acceptors (Lipinski definition) is 8. The van der Waals surface area contributed by atoms with E-state index in [0.717, 1.165) is 18.7 Å². The SMILES string of the molecule is [2H]C([2H])([2H])Nc1ncc(C#Cc2cc3c(cn2)O[C@H](C)CN3C)c2cc(NC(=O)[C@H]3C[C@H]3C)nnc12. The number of ether oxygens (including phenoxy) is 1. The summed E-state index contributed by atoms with van der Waals surface area (Å²) in [5.41, 5.74) is 2.16. The van der Waals surface area contributed by atoms with E-state index in [4.69, 9.17) is 8.85 Å². The third-order valence-electron chi connectivity index (χ3n) is 5.89. The number of hydrogen-bond donors (Lipinski definition) is 2. The number of aromatic nitrogens is 4. The standard InChI is InChI=1S/C24H25N7O2/c1-13-7-17(13)24(32)28-21-9-18-15(10-27-23(25-3)22(18)30-29-21)5-6-16-8-19-20(11-26-16)33-14(2)12-31(19)4/h8-11,13-14,17H,7,12H2,1-4H3,(H,25,27)(H,28,29,32)/t13-,14-,17+/m1/s1/i3D3. The molecular formula is C24H25N7O2. The molecule has 3 aromatic heterocycles. The minimum absolute atomic E-state index is 0.0350. The molecule has 9 nitrogen and oxygen atoms in total. The van der Waals surface area contributed by atoms with Crippen molar-refractivity contribution in [2.75, 3.05) is 36.1 Å². The van der Waals surface area contributed by atoms with Gasteiger partial charge in [0.1, 0.15) is 17.3 Å². The van der Waals surface area contributed by atoms with Crippen LogP contribution in [-0.4, -0.2) is 52.7 Å². The van der Waals surface area contributed by atoms with Crippen molar-refractivity contribution < 1.29 is 13.6 Å². The molecule has 0 radical (unpaired) electrons.